The summed E-state index contributed by atoms with van der Waals surface area (Å²) in [4.78, 5) is 6.61. The summed E-state index contributed by atoms with van der Waals surface area (Å²) in [5.41, 5.74) is 2.78. The quantitative estimate of drug-likeness (QED) is 0.942. The molecule has 0 amide bonds. The lowest BCUT2D eigenvalue weighted by Crippen LogP contribution is -2.34. The molecule has 0 bridgehead atoms. The fraction of sp³-hybridized carbons (Fsp3) is 0.471. The van der Waals surface area contributed by atoms with Gasteiger partial charge in [0.25, 0.3) is 0 Å². The highest BCUT2D eigenvalue weighted by Gasteiger charge is 2.30. The van der Waals surface area contributed by atoms with Crippen molar-refractivity contribution in [2.45, 2.75) is 38.0 Å². The van der Waals surface area contributed by atoms with Crippen LogP contribution >= 0.6 is 0 Å². The largest absolute Gasteiger partial charge is 0.387 e. The van der Waals surface area contributed by atoms with E-state index >= 15 is 0 Å². The highest BCUT2D eigenvalue weighted by atomic mass is 19.2. The number of halogens is 2. The van der Waals surface area contributed by atoms with Crippen molar-refractivity contribution in [2.24, 2.45) is 0 Å². The van der Waals surface area contributed by atoms with Crippen molar-refractivity contribution >= 4 is 0 Å². The first-order valence-electron chi connectivity index (χ1n) is 8.02. The zero-order valence-electron chi connectivity index (χ0n) is 12.8. The zero-order chi connectivity index (χ0) is 16.0. The van der Waals surface area contributed by atoms with Crippen molar-refractivity contribution in [1.82, 2.24) is 14.5 Å². The Labute approximate surface area is 133 Å². The number of rotatable bonds is 4. The summed E-state index contributed by atoms with van der Waals surface area (Å²) >= 11 is 0. The highest BCUT2D eigenvalue weighted by Crippen LogP contribution is 2.37. The van der Waals surface area contributed by atoms with Gasteiger partial charge in [0.05, 0.1) is 18.1 Å². The Hall–Kier alpha value is -1.79. The van der Waals surface area contributed by atoms with Crippen molar-refractivity contribution < 1.29 is 13.9 Å². The Morgan fingerprint density at radius 3 is 2.83 bits per heavy atom. The van der Waals surface area contributed by atoms with Gasteiger partial charge in [0, 0.05) is 37.8 Å². The topological polar surface area (TPSA) is 41.3 Å². The van der Waals surface area contributed by atoms with Gasteiger partial charge in [-0.05, 0) is 30.5 Å². The number of aromatic nitrogens is 2. The Balaban J connectivity index is 1.44. The maximum absolute atomic E-state index is 13.3. The van der Waals surface area contributed by atoms with Gasteiger partial charge in [0.1, 0.15) is 0 Å². The Morgan fingerprint density at radius 1 is 1.26 bits per heavy atom. The molecule has 1 aliphatic carbocycles. The van der Waals surface area contributed by atoms with Gasteiger partial charge in [-0.15, -0.1) is 0 Å². The minimum atomic E-state index is -0.925. The van der Waals surface area contributed by atoms with E-state index in [-0.39, 0.29) is 0 Å². The number of nitrogens with zero attached hydrogens (tertiary/aromatic N) is 3. The lowest BCUT2D eigenvalue weighted by molar-refractivity contribution is 0.104. The molecule has 0 radical (unpaired) electrons. The van der Waals surface area contributed by atoms with E-state index in [1.54, 1.807) is 0 Å². The molecule has 1 N–H and O–H groups in total. The fourth-order valence-electron chi connectivity index (χ4n) is 3.28. The van der Waals surface area contributed by atoms with Crippen LogP contribution in [0.3, 0.4) is 0 Å². The SMILES string of the molecule is O[C@H](CN1CCc2c(ncn2C2CC2)C1)c1ccc(F)c(F)c1. The summed E-state index contributed by atoms with van der Waals surface area (Å²) in [5.74, 6) is -1.82. The van der Waals surface area contributed by atoms with E-state index in [1.165, 1.54) is 24.6 Å². The van der Waals surface area contributed by atoms with Crippen LogP contribution in [0.25, 0.3) is 0 Å². The van der Waals surface area contributed by atoms with Crippen LogP contribution in [0.1, 0.15) is 41.9 Å². The second-order valence-corrected chi connectivity index (χ2v) is 6.45. The minimum Gasteiger partial charge on any atom is -0.387 e. The van der Waals surface area contributed by atoms with Crippen molar-refractivity contribution in [3.05, 3.63) is 53.1 Å². The molecule has 2 aromatic rings. The Kier molecular flexibility index (Phi) is 3.66. The van der Waals surface area contributed by atoms with E-state index < -0.39 is 17.7 Å². The van der Waals surface area contributed by atoms with Gasteiger partial charge in [0.15, 0.2) is 11.6 Å². The van der Waals surface area contributed by atoms with Crippen LogP contribution < -0.4 is 0 Å². The van der Waals surface area contributed by atoms with Gasteiger partial charge in [-0.3, -0.25) is 4.90 Å². The molecule has 23 heavy (non-hydrogen) atoms. The van der Waals surface area contributed by atoms with Gasteiger partial charge >= 0.3 is 0 Å². The smallest absolute Gasteiger partial charge is 0.159 e. The average molecular weight is 319 g/mol. The van der Waals surface area contributed by atoms with Crippen LogP contribution in [-0.4, -0.2) is 32.6 Å². The molecule has 2 heterocycles. The molecular formula is C17H19F2N3O. The molecule has 2 aliphatic rings. The van der Waals surface area contributed by atoms with Crippen LogP contribution in [0.4, 0.5) is 8.78 Å². The van der Waals surface area contributed by atoms with Crippen molar-refractivity contribution in [3.63, 3.8) is 0 Å². The number of hydrogen-bond acceptors (Lipinski definition) is 3. The third kappa shape index (κ3) is 2.88. The predicted octanol–water partition coefficient (Wildman–Crippen LogP) is 2.59. The highest BCUT2D eigenvalue weighted by molar-refractivity contribution is 5.22. The Bertz CT molecular complexity index is 727. The maximum Gasteiger partial charge on any atom is 0.159 e. The van der Waals surface area contributed by atoms with Crippen LogP contribution in [-0.2, 0) is 13.0 Å². The van der Waals surface area contributed by atoms with E-state index in [1.807, 2.05) is 6.33 Å². The molecule has 1 saturated carbocycles. The van der Waals surface area contributed by atoms with Gasteiger partial charge in [-0.2, -0.15) is 0 Å². The maximum atomic E-state index is 13.3. The standard InChI is InChI=1S/C17H19F2N3O/c18-13-4-1-11(7-14(13)19)17(23)9-21-6-5-16-15(8-21)20-10-22(16)12-2-3-12/h1,4,7,10,12,17,23H,2-3,5-6,8-9H2/t17-/m1/s1. The summed E-state index contributed by atoms with van der Waals surface area (Å²) in [6.45, 7) is 1.92. The van der Waals surface area contributed by atoms with Gasteiger partial charge < -0.3 is 9.67 Å². The first-order chi connectivity index (χ1) is 11.1. The van der Waals surface area contributed by atoms with Crippen LogP contribution in [0.15, 0.2) is 24.5 Å². The number of aliphatic hydroxyl groups excluding tert-OH is 1. The molecule has 4 nitrogen and oxygen atoms in total. The summed E-state index contributed by atoms with van der Waals surface area (Å²) in [6.07, 6.45) is 4.48. The summed E-state index contributed by atoms with van der Waals surface area (Å²) in [6, 6.07) is 4.18. The third-order valence-corrected chi connectivity index (χ3v) is 4.72. The van der Waals surface area contributed by atoms with Gasteiger partial charge in [-0.1, -0.05) is 6.07 Å². The van der Waals surface area contributed by atoms with E-state index in [2.05, 4.69) is 14.5 Å². The number of hydrogen-bond donors (Lipinski definition) is 1. The van der Waals surface area contributed by atoms with Crippen LogP contribution in [0.2, 0.25) is 0 Å². The summed E-state index contributed by atoms with van der Waals surface area (Å²) in [5, 5.41) is 10.3. The van der Waals surface area contributed by atoms with Crippen LogP contribution in [0, 0.1) is 11.6 Å². The molecular weight excluding hydrogens is 300 g/mol. The zero-order valence-corrected chi connectivity index (χ0v) is 12.8. The predicted molar refractivity (Wildman–Crippen MR) is 80.8 cm³/mol. The number of benzene rings is 1. The molecule has 0 spiro atoms. The lowest BCUT2D eigenvalue weighted by atomic mass is 10.1. The molecule has 6 heteroatoms. The molecule has 1 atom stereocenters. The number of fused-ring (bicyclic) bond motifs is 1. The molecule has 1 fully saturated rings. The molecule has 4 rings (SSSR count). The molecule has 0 unspecified atom stereocenters. The van der Waals surface area contributed by atoms with E-state index in [0.717, 1.165) is 30.8 Å². The molecule has 122 valence electrons. The van der Waals surface area contributed by atoms with Crippen molar-refractivity contribution in [1.29, 1.82) is 0 Å². The van der Waals surface area contributed by atoms with Crippen molar-refractivity contribution in [3.8, 4) is 0 Å². The second kappa shape index (κ2) is 5.69. The number of aliphatic hydroxyl groups is 1. The first kappa shape index (κ1) is 14.8. The van der Waals surface area contributed by atoms with Crippen molar-refractivity contribution in [2.75, 3.05) is 13.1 Å². The van der Waals surface area contributed by atoms with E-state index in [4.69, 9.17) is 0 Å². The monoisotopic (exact) mass is 319 g/mol. The number of imidazole rings is 1. The third-order valence-electron chi connectivity index (χ3n) is 4.72. The van der Waals surface area contributed by atoms with Crippen LogP contribution in [0.5, 0.6) is 0 Å². The van der Waals surface area contributed by atoms with Gasteiger partial charge in [-0.25, -0.2) is 13.8 Å². The van der Waals surface area contributed by atoms with Gasteiger partial charge in [0.2, 0.25) is 0 Å². The molecule has 0 saturated heterocycles. The average Bonchev–Trinajstić information content (AvgIpc) is 3.30. The van der Waals surface area contributed by atoms with E-state index in [0.29, 0.717) is 24.7 Å². The normalized spacial score (nSPS) is 19.6. The fourth-order valence-corrected chi connectivity index (χ4v) is 3.28. The van der Waals surface area contributed by atoms with E-state index in [9.17, 15) is 13.9 Å². The lowest BCUT2D eigenvalue weighted by Gasteiger charge is -2.29. The molecule has 1 aromatic carbocycles. The summed E-state index contributed by atoms with van der Waals surface area (Å²) in [7, 11) is 0. The second-order valence-electron chi connectivity index (χ2n) is 6.45. The minimum absolute atomic E-state index is 0.390. The Morgan fingerprint density at radius 2 is 2.09 bits per heavy atom. The number of β-amino-alcohol motifs (C(OH)–C–C–N with tert-alkyl or cyclic N) is 1. The molecule has 1 aromatic heterocycles. The summed E-state index contributed by atoms with van der Waals surface area (Å²) < 4.78 is 28.6. The first-order valence-corrected chi connectivity index (χ1v) is 8.02. The molecule has 1 aliphatic heterocycles.